The Morgan fingerprint density at radius 3 is 2.70 bits per heavy atom. The summed E-state index contributed by atoms with van der Waals surface area (Å²) in [7, 11) is 0. The van der Waals surface area contributed by atoms with E-state index in [1.807, 2.05) is 4.90 Å². The van der Waals surface area contributed by atoms with Crippen LogP contribution in [0, 0.1) is 0 Å². The van der Waals surface area contributed by atoms with E-state index in [9.17, 15) is 17.6 Å². The number of anilines is 2. The number of aliphatic imine (C=N–C) groups is 1. The van der Waals surface area contributed by atoms with Crippen LogP contribution in [0.5, 0.6) is 0 Å². The molecule has 2 aliphatic rings. The first-order valence-corrected chi connectivity index (χ1v) is 10.1. The summed E-state index contributed by atoms with van der Waals surface area (Å²) in [6.45, 7) is 2.08. The summed E-state index contributed by atoms with van der Waals surface area (Å²) in [6, 6.07) is 9.84. The van der Waals surface area contributed by atoms with Crippen molar-refractivity contribution < 1.29 is 22.3 Å². The van der Waals surface area contributed by atoms with Crippen molar-refractivity contribution in [3.8, 4) is 0 Å². The lowest BCUT2D eigenvalue weighted by Crippen LogP contribution is -2.47. The smallest absolute Gasteiger partial charge is 0.378 e. The SMILES string of the molecule is FC1=C(N2CCOCC2)NC(N/N=C\c2cccc(Nc3cccc(C(F)(F)F)c3)n2)=NC1. The number of hydrazone groups is 1. The van der Waals surface area contributed by atoms with Gasteiger partial charge in [-0.2, -0.15) is 18.3 Å². The predicted molar refractivity (Wildman–Crippen MR) is 116 cm³/mol. The van der Waals surface area contributed by atoms with Gasteiger partial charge in [-0.25, -0.2) is 19.8 Å². The number of guanidine groups is 1. The quantitative estimate of drug-likeness (QED) is 0.359. The van der Waals surface area contributed by atoms with Crippen molar-refractivity contribution in [1.82, 2.24) is 20.6 Å². The summed E-state index contributed by atoms with van der Waals surface area (Å²) in [5, 5.41) is 9.82. The molecule has 0 spiro atoms. The molecule has 2 aliphatic heterocycles. The summed E-state index contributed by atoms with van der Waals surface area (Å²) < 4.78 is 58.2. The number of nitrogens with zero attached hydrogens (tertiary/aromatic N) is 4. The number of alkyl halides is 3. The van der Waals surface area contributed by atoms with Crippen molar-refractivity contribution in [2.45, 2.75) is 6.18 Å². The second kappa shape index (κ2) is 9.86. The average Bonchev–Trinajstić information content (AvgIpc) is 2.81. The molecule has 3 heterocycles. The molecule has 0 atom stereocenters. The van der Waals surface area contributed by atoms with Gasteiger partial charge in [-0.15, -0.1) is 0 Å². The highest BCUT2D eigenvalue weighted by atomic mass is 19.4. The molecule has 1 aromatic carbocycles. The number of aromatic nitrogens is 1. The number of morpholine rings is 1. The van der Waals surface area contributed by atoms with Crippen LogP contribution in [-0.2, 0) is 10.9 Å². The minimum atomic E-state index is -4.43. The van der Waals surface area contributed by atoms with Gasteiger partial charge in [0, 0.05) is 18.8 Å². The Morgan fingerprint density at radius 1 is 1.12 bits per heavy atom. The molecule has 0 aliphatic carbocycles. The first-order chi connectivity index (χ1) is 15.9. The van der Waals surface area contributed by atoms with E-state index in [0.29, 0.717) is 43.6 Å². The number of rotatable bonds is 5. The van der Waals surface area contributed by atoms with Crippen LogP contribution in [0.4, 0.5) is 29.1 Å². The molecule has 3 N–H and O–H groups in total. The van der Waals surface area contributed by atoms with Gasteiger partial charge in [0.2, 0.25) is 5.96 Å². The largest absolute Gasteiger partial charge is 0.416 e. The van der Waals surface area contributed by atoms with E-state index in [2.05, 4.69) is 31.1 Å². The summed E-state index contributed by atoms with van der Waals surface area (Å²) in [5.41, 5.74) is 2.67. The zero-order chi connectivity index (χ0) is 23.3. The Hall–Kier alpha value is -3.67. The third-order valence-corrected chi connectivity index (χ3v) is 4.80. The Balaban J connectivity index is 1.36. The summed E-state index contributed by atoms with van der Waals surface area (Å²) in [4.78, 5) is 10.2. The normalized spacial score (nSPS) is 17.1. The lowest BCUT2D eigenvalue weighted by atomic mass is 10.2. The maximum absolute atomic E-state index is 14.2. The first kappa shape index (κ1) is 22.5. The van der Waals surface area contributed by atoms with Gasteiger partial charge in [-0.05, 0) is 30.3 Å². The monoisotopic (exact) mass is 463 g/mol. The zero-order valence-corrected chi connectivity index (χ0v) is 17.4. The molecule has 0 unspecified atom stereocenters. The second-order valence-corrected chi connectivity index (χ2v) is 7.16. The molecule has 8 nitrogen and oxygen atoms in total. The van der Waals surface area contributed by atoms with Crippen LogP contribution in [0.25, 0.3) is 0 Å². The third kappa shape index (κ3) is 5.98. The van der Waals surface area contributed by atoms with Crippen molar-refractivity contribution in [3.05, 3.63) is 65.4 Å². The van der Waals surface area contributed by atoms with Gasteiger partial charge < -0.3 is 20.3 Å². The molecule has 1 aromatic heterocycles. The van der Waals surface area contributed by atoms with E-state index in [4.69, 9.17) is 4.74 Å². The number of ether oxygens (including phenoxy) is 1. The van der Waals surface area contributed by atoms with Crippen molar-refractivity contribution in [2.24, 2.45) is 10.1 Å². The number of hydrogen-bond acceptors (Lipinski definition) is 8. The number of pyridine rings is 1. The topological polar surface area (TPSA) is 86.2 Å². The van der Waals surface area contributed by atoms with Crippen LogP contribution < -0.4 is 16.1 Å². The van der Waals surface area contributed by atoms with Crippen molar-refractivity contribution in [1.29, 1.82) is 0 Å². The Morgan fingerprint density at radius 2 is 1.91 bits per heavy atom. The van der Waals surface area contributed by atoms with Crippen molar-refractivity contribution in [3.63, 3.8) is 0 Å². The highest BCUT2D eigenvalue weighted by Crippen LogP contribution is 2.31. The Labute approximate surface area is 187 Å². The number of halogens is 4. The maximum atomic E-state index is 14.2. The fourth-order valence-corrected chi connectivity index (χ4v) is 3.22. The number of hydrogen-bond donors (Lipinski definition) is 3. The van der Waals surface area contributed by atoms with Crippen LogP contribution in [-0.4, -0.2) is 54.9 Å². The molecule has 4 rings (SSSR count). The van der Waals surface area contributed by atoms with Gasteiger partial charge in [0.05, 0.1) is 37.2 Å². The van der Waals surface area contributed by atoms with Crippen molar-refractivity contribution >= 4 is 23.7 Å². The summed E-state index contributed by atoms with van der Waals surface area (Å²) in [5.74, 6) is 0.622. The highest BCUT2D eigenvalue weighted by molar-refractivity contribution is 5.85. The highest BCUT2D eigenvalue weighted by Gasteiger charge is 2.30. The molecule has 174 valence electrons. The lowest BCUT2D eigenvalue weighted by Gasteiger charge is -2.32. The fourth-order valence-electron chi connectivity index (χ4n) is 3.22. The second-order valence-electron chi connectivity index (χ2n) is 7.16. The molecule has 2 aromatic rings. The van der Waals surface area contributed by atoms with E-state index >= 15 is 0 Å². The van der Waals surface area contributed by atoms with Gasteiger partial charge >= 0.3 is 6.18 Å². The van der Waals surface area contributed by atoms with E-state index in [1.54, 1.807) is 18.2 Å². The maximum Gasteiger partial charge on any atom is 0.416 e. The van der Waals surface area contributed by atoms with Crippen LogP contribution >= 0.6 is 0 Å². The van der Waals surface area contributed by atoms with Crippen molar-refractivity contribution in [2.75, 3.05) is 38.2 Å². The molecular formula is C21H21F4N7O. The molecule has 33 heavy (non-hydrogen) atoms. The van der Waals surface area contributed by atoms with Gasteiger partial charge in [-0.1, -0.05) is 12.1 Å². The minimum Gasteiger partial charge on any atom is -0.378 e. The minimum absolute atomic E-state index is 0.105. The molecule has 1 fully saturated rings. The number of benzene rings is 1. The molecule has 0 radical (unpaired) electrons. The Kier molecular flexibility index (Phi) is 6.73. The van der Waals surface area contributed by atoms with Gasteiger partial charge in [-0.3, -0.25) is 0 Å². The molecule has 12 heteroatoms. The van der Waals surface area contributed by atoms with E-state index in [0.717, 1.165) is 12.1 Å². The van der Waals surface area contributed by atoms with Gasteiger partial charge in [0.1, 0.15) is 11.6 Å². The van der Waals surface area contributed by atoms with Crippen LogP contribution in [0.2, 0.25) is 0 Å². The molecule has 0 bridgehead atoms. The fraction of sp³-hybridized carbons (Fsp3) is 0.286. The Bertz CT molecular complexity index is 1080. The van der Waals surface area contributed by atoms with Gasteiger partial charge in [0.25, 0.3) is 0 Å². The van der Waals surface area contributed by atoms with Gasteiger partial charge in [0.15, 0.2) is 5.83 Å². The predicted octanol–water partition coefficient (Wildman–Crippen LogP) is 3.20. The number of nitrogens with one attached hydrogen (secondary N) is 3. The van der Waals surface area contributed by atoms with E-state index in [1.165, 1.54) is 18.3 Å². The summed E-state index contributed by atoms with van der Waals surface area (Å²) in [6.07, 6.45) is -3.01. The average molecular weight is 463 g/mol. The molecule has 1 saturated heterocycles. The standard InChI is InChI=1S/C21H21F4N7O/c22-17-13-26-20(30-19(17)32-7-9-33-10-8-32)31-27-12-16-5-2-6-18(29-16)28-15-4-1-3-14(11-15)21(23,24)25/h1-6,11-12H,7-10,13H2,(H,28,29)(H2,26,30,31)/b27-12-. The molecule has 0 amide bonds. The van der Waals surface area contributed by atoms with E-state index < -0.39 is 11.7 Å². The summed E-state index contributed by atoms with van der Waals surface area (Å²) >= 11 is 0. The first-order valence-electron chi connectivity index (χ1n) is 10.1. The zero-order valence-electron chi connectivity index (χ0n) is 17.4. The van der Waals surface area contributed by atoms with Crippen LogP contribution in [0.3, 0.4) is 0 Å². The third-order valence-electron chi connectivity index (χ3n) is 4.80. The van der Waals surface area contributed by atoms with E-state index in [-0.39, 0.29) is 24.0 Å². The lowest BCUT2D eigenvalue weighted by molar-refractivity contribution is -0.137. The molecular weight excluding hydrogens is 442 g/mol. The van der Waals surface area contributed by atoms with Crippen LogP contribution in [0.1, 0.15) is 11.3 Å². The van der Waals surface area contributed by atoms with Crippen LogP contribution in [0.15, 0.2) is 64.2 Å². The molecule has 0 saturated carbocycles.